The molecule has 0 bridgehead atoms. The van der Waals surface area contributed by atoms with Crippen molar-refractivity contribution < 1.29 is 21.8 Å². The van der Waals surface area contributed by atoms with E-state index in [1.54, 1.807) is 37.3 Å². The lowest BCUT2D eigenvalue weighted by molar-refractivity contribution is -0.384. The molecule has 0 radical (unpaired) electrons. The molecule has 1 N–H and O–H groups in total. The SMILES string of the molecule is CCN(c1ccccc1)S(=O)(=O)c1ccc(NS(=O)(=O)c2ccc(Cl)cc2)c([N+](=O)[O-])c1. The van der Waals surface area contributed by atoms with E-state index in [9.17, 15) is 26.9 Å². The number of rotatable bonds is 8. The van der Waals surface area contributed by atoms with Crippen LogP contribution in [0.2, 0.25) is 5.02 Å². The van der Waals surface area contributed by atoms with Gasteiger partial charge in [-0.05, 0) is 55.5 Å². The molecular weight excluding hydrogens is 478 g/mol. The predicted octanol–water partition coefficient (Wildman–Crippen LogP) is 4.26. The normalized spacial score (nSPS) is 11.7. The molecule has 0 aromatic heterocycles. The maximum absolute atomic E-state index is 13.1. The zero-order chi connectivity index (χ0) is 23.5. The maximum atomic E-state index is 13.1. The molecule has 0 fully saturated rings. The van der Waals surface area contributed by atoms with Crippen LogP contribution in [0, 0.1) is 10.1 Å². The number of sulfonamides is 2. The van der Waals surface area contributed by atoms with Crippen LogP contribution in [0.3, 0.4) is 0 Å². The van der Waals surface area contributed by atoms with Gasteiger partial charge in [0.2, 0.25) is 0 Å². The first-order chi connectivity index (χ1) is 15.1. The number of nitro benzene ring substituents is 1. The van der Waals surface area contributed by atoms with Crippen LogP contribution >= 0.6 is 11.6 Å². The van der Waals surface area contributed by atoms with Crippen molar-refractivity contribution in [1.29, 1.82) is 0 Å². The Labute approximate surface area is 190 Å². The number of nitrogens with one attached hydrogen (secondary N) is 1. The number of benzene rings is 3. The summed E-state index contributed by atoms with van der Waals surface area (Å²) in [7, 11) is -8.31. The van der Waals surface area contributed by atoms with E-state index in [1.165, 1.54) is 24.3 Å². The Morgan fingerprint density at radius 2 is 1.53 bits per heavy atom. The van der Waals surface area contributed by atoms with Crippen molar-refractivity contribution in [2.24, 2.45) is 0 Å². The minimum absolute atomic E-state index is 0.0884. The fourth-order valence-electron chi connectivity index (χ4n) is 2.94. The second-order valence-electron chi connectivity index (χ2n) is 6.50. The smallest absolute Gasteiger partial charge is 0.273 e. The van der Waals surface area contributed by atoms with E-state index in [-0.39, 0.29) is 22.0 Å². The second kappa shape index (κ2) is 9.15. The molecule has 3 aromatic carbocycles. The number of anilines is 2. The van der Waals surface area contributed by atoms with E-state index < -0.39 is 30.7 Å². The minimum Gasteiger partial charge on any atom is -0.273 e. The van der Waals surface area contributed by atoms with Gasteiger partial charge < -0.3 is 0 Å². The Hall–Kier alpha value is -3.15. The molecule has 0 saturated heterocycles. The molecule has 0 heterocycles. The van der Waals surface area contributed by atoms with Crippen molar-refractivity contribution in [1.82, 2.24) is 0 Å². The summed E-state index contributed by atoms with van der Waals surface area (Å²) in [6.45, 7) is 1.72. The van der Waals surface area contributed by atoms with Gasteiger partial charge in [-0.1, -0.05) is 29.8 Å². The molecule has 0 aliphatic rings. The van der Waals surface area contributed by atoms with Gasteiger partial charge in [0.25, 0.3) is 25.7 Å². The third kappa shape index (κ3) is 4.85. The molecule has 3 rings (SSSR count). The molecule has 0 unspecified atom stereocenters. The van der Waals surface area contributed by atoms with E-state index in [4.69, 9.17) is 11.6 Å². The van der Waals surface area contributed by atoms with Gasteiger partial charge in [-0.3, -0.25) is 19.1 Å². The van der Waals surface area contributed by atoms with Gasteiger partial charge in [-0.25, -0.2) is 16.8 Å². The zero-order valence-electron chi connectivity index (χ0n) is 16.7. The Kier molecular flexibility index (Phi) is 6.72. The van der Waals surface area contributed by atoms with Crippen LogP contribution in [0.15, 0.2) is 82.6 Å². The van der Waals surface area contributed by atoms with Crippen molar-refractivity contribution in [3.05, 3.63) is 87.9 Å². The summed E-state index contributed by atoms with van der Waals surface area (Å²) in [5.74, 6) is 0. The van der Waals surface area contributed by atoms with Gasteiger partial charge in [-0.2, -0.15) is 0 Å². The fourth-order valence-corrected chi connectivity index (χ4v) is 5.63. The highest BCUT2D eigenvalue weighted by atomic mass is 35.5. The highest BCUT2D eigenvalue weighted by molar-refractivity contribution is 7.93. The summed E-state index contributed by atoms with van der Waals surface area (Å²) in [6.07, 6.45) is 0. The molecule has 9 nitrogen and oxygen atoms in total. The van der Waals surface area contributed by atoms with Crippen LogP contribution in [-0.2, 0) is 20.0 Å². The van der Waals surface area contributed by atoms with Crippen LogP contribution in [-0.4, -0.2) is 28.3 Å². The van der Waals surface area contributed by atoms with Crippen molar-refractivity contribution in [2.45, 2.75) is 16.7 Å². The lowest BCUT2D eigenvalue weighted by atomic mass is 10.3. The van der Waals surface area contributed by atoms with Gasteiger partial charge in [0.05, 0.1) is 20.4 Å². The van der Waals surface area contributed by atoms with E-state index >= 15 is 0 Å². The number of hydrogen-bond acceptors (Lipinski definition) is 6. The monoisotopic (exact) mass is 495 g/mol. The molecule has 32 heavy (non-hydrogen) atoms. The lowest BCUT2D eigenvalue weighted by Gasteiger charge is -2.23. The topological polar surface area (TPSA) is 127 Å². The molecule has 0 amide bonds. The molecular formula is C20H18ClN3O6S2. The predicted molar refractivity (Wildman–Crippen MR) is 122 cm³/mol. The van der Waals surface area contributed by atoms with Gasteiger partial charge in [0, 0.05) is 17.6 Å². The summed E-state index contributed by atoms with van der Waals surface area (Å²) < 4.78 is 54.7. The molecule has 12 heteroatoms. The number of hydrogen-bond donors (Lipinski definition) is 1. The van der Waals surface area contributed by atoms with Crippen LogP contribution in [0.1, 0.15) is 6.92 Å². The molecule has 0 atom stereocenters. The quantitative estimate of drug-likeness (QED) is 0.367. The highest BCUT2D eigenvalue weighted by Crippen LogP contribution is 2.32. The molecule has 168 valence electrons. The maximum Gasteiger partial charge on any atom is 0.294 e. The van der Waals surface area contributed by atoms with Crippen LogP contribution in [0.4, 0.5) is 17.1 Å². The van der Waals surface area contributed by atoms with Crippen molar-refractivity contribution in [3.8, 4) is 0 Å². The second-order valence-corrected chi connectivity index (χ2v) is 10.5. The Morgan fingerprint density at radius 3 is 2.09 bits per heavy atom. The van der Waals surface area contributed by atoms with Crippen LogP contribution in [0.5, 0.6) is 0 Å². The van der Waals surface area contributed by atoms with E-state index in [0.717, 1.165) is 22.5 Å². The standard InChI is InChI=1S/C20H18ClN3O6S2/c1-2-23(16-6-4-3-5-7-16)32(29,30)18-12-13-19(20(14-18)24(25)26)22-31(27,28)17-10-8-15(21)9-11-17/h3-14,22H,2H2,1H3. The van der Waals surface area contributed by atoms with Gasteiger partial charge in [-0.15, -0.1) is 0 Å². The van der Waals surface area contributed by atoms with Crippen molar-refractivity contribution in [2.75, 3.05) is 15.6 Å². The molecule has 0 saturated carbocycles. The fraction of sp³-hybridized carbons (Fsp3) is 0.100. The molecule has 0 aliphatic heterocycles. The third-order valence-corrected chi connectivity index (χ3v) is 7.99. The van der Waals surface area contributed by atoms with Gasteiger partial charge >= 0.3 is 0 Å². The number of halogens is 1. The molecule has 0 spiro atoms. The first-order valence-electron chi connectivity index (χ1n) is 9.21. The Morgan fingerprint density at radius 1 is 0.938 bits per heavy atom. The number of nitro groups is 1. The number of nitrogens with zero attached hydrogens (tertiary/aromatic N) is 2. The average molecular weight is 496 g/mol. The van der Waals surface area contributed by atoms with E-state index in [1.807, 2.05) is 0 Å². The third-order valence-electron chi connectivity index (χ3n) is 4.45. The lowest BCUT2D eigenvalue weighted by Crippen LogP contribution is -2.30. The first kappa shape index (κ1) is 23.5. The summed E-state index contributed by atoms with van der Waals surface area (Å²) in [6, 6.07) is 16.5. The highest BCUT2D eigenvalue weighted by Gasteiger charge is 2.28. The Bertz CT molecular complexity index is 1350. The average Bonchev–Trinajstić information content (AvgIpc) is 2.75. The number of para-hydroxylation sites is 1. The summed E-state index contributed by atoms with van der Waals surface area (Å²) in [5, 5.41) is 11.9. The van der Waals surface area contributed by atoms with Crippen molar-refractivity contribution >= 4 is 48.7 Å². The van der Waals surface area contributed by atoms with Crippen LogP contribution in [0.25, 0.3) is 0 Å². The molecule has 3 aromatic rings. The van der Waals surface area contributed by atoms with E-state index in [2.05, 4.69) is 4.72 Å². The van der Waals surface area contributed by atoms with Crippen LogP contribution < -0.4 is 9.03 Å². The van der Waals surface area contributed by atoms with E-state index in [0.29, 0.717) is 10.7 Å². The minimum atomic E-state index is -4.17. The van der Waals surface area contributed by atoms with Gasteiger partial charge in [0.1, 0.15) is 5.69 Å². The summed E-state index contributed by atoms with van der Waals surface area (Å²) in [4.78, 5) is 10.3. The first-order valence-corrected chi connectivity index (χ1v) is 12.5. The summed E-state index contributed by atoms with van der Waals surface area (Å²) >= 11 is 5.77. The Balaban J connectivity index is 2.02. The summed E-state index contributed by atoms with van der Waals surface area (Å²) in [5.41, 5.74) is -0.676. The van der Waals surface area contributed by atoms with Gasteiger partial charge in [0.15, 0.2) is 0 Å². The largest absolute Gasteiger partial charge is 0.294 e. The molecule has 0 aliphatic carbocycles. The van der Waals surface area contributed by atoms with Crippen molar-refractivity contribution in [3.63, 3.8) is 0 Å². The zero-order valence-corrected chi connectivity index (χ0v) is 19.1.